The number of rotatable bonds is 4. The van der Waals surface area contributed by atoms with E-state index in [4.69, 9.17) is 0 Å². The van der Waals surface area contributed by atoms with Crippen LogP contribution in [0.4, 0.5) is 5.69 Å². The number of aliphatic hydroxyl groups is 1. The van der Waals surface area contributed by atoms with Crippen LogP contribution in [0.1, 0.15) is 35.3 Å². The van der Waals surface area contributed by atoms with E-state index in [0.717, 1.165) is 12.0 Å². The number of nitro groups is 1. The van der Waals surface area contributed by atoms with Crippen LogP contribution in [0.5, 0.6) is 0 Å². The van der Waals surface area contributed by atoms with Gasteiger partial charge in [-0.3, -0.25) is 10.1 Å². The van der Waals surface area contributed by atoms with Crippen LogP contribution in [0.25, 0.3) is 0 Å². The molecule has 0 amide bonds. The molecule has 1 N–H and O–H groups in total. The molecule has 0 saturated heterocycles. The van der Waals surface area contributed by atoms with E-state index >= 15 is 0 Å². The van der Waals surface area contributed by atoms with Crippen molar-refractivity contribution in [2.45, 2.75) is 26.4 Å². The zero-order valence-corrected chi connectivity index (χ0v) is 11.5. The van der Waals surface area contributed by atoms with Gasteiger partial charge >= 0.3 is 0 Å². The molecule has 2 aromatic carbocycles. The molecule has 2 rings (SSSR count). The fourth-order valence-electron chi connectivity index (χ4n) is 2.12. The molecule has 0 unspecified atom stereocenters. The standard InChI is InChI=1S/C16H17NO3/c1-3-12-5-8-13(9-6-12)16(18)14-7-4-11(2)15(10-14)17(19)20/h4-10,16,18H,3H2,1-2H3/t16-/m1/s1. The van der Waals surface area contributed by atoms with Crippen LogP contribution in [-0.2, 0) is 6.42 Å². The minimum absolute atomic E-state index is 0.0340. The lowest BCUT2D eigenvalue weighted by Gasteiger charge is -2.12. The zero-order valence-electron chi connectivity index (χ0n) is 11.5. The van der Waals surface area contributed by atoms with Crippen molar-refractivity contribution in [1.29, 1.82) is 0 Å². The van der Waals surface area contributed by atoms with Crippen LogP contribution < -0.4 is 0 Å². The topological polar surface area (TPSA) is 63.4 Å². The Morgan fingerprint density at radius 1 is 1.15 bits per heavy atom. The molecule has 0 fully saturated rings. The van der Waals surface area contributed by atoms with Crippen LogP contribution in [0.2, 0.25) is 0 Å². The van der Waals surface area contributed by atoms with Gasteiger partial charge in [-0.2, -0.15) is 0 Å². The fraction of sp³-hybridized carbons (Fsp3) is 0.250. The Morgan fingerprint density at radius 2 is 1.75 bits per heavy atom. The molecule has 1 atom stereocenters. The van der Waals surface area contributed by atoms with E-state index in [2.05, 4.69) is 6.92 Å². The number of hydrogen-bond donors (Lipinski definition) is 1. The quantitative estimate of drug-likeness (QED) is 0.683. The van der Waals surface area contributed by atoms with E-state index in [9.17, 15) is 15.2 Å². The Labute approximate surface area is 117 Å². The highest BCUT2D eigenvalue weighted by Crippen LogP contribution is 2.27. The predicted octanol–water partition coefficient (Wildman–Crippen LogP) is 3.55. The van der Waals surface area contributed by atoms with Crippen molar-refractivity contribution in [3.63, 3.8) is 0 Å². The van der Waals surface area contributed by atoms with E-state index < -0.39 is 11.0 Å². The smallest absolute Gasteiger partial charge is 0.272 e. The molecule has 104 valence electrons. The third-order valence-electron chi connectivity index (χ3n) is 3.45. The van der Waals surface area contributed by atoms with Gasteiger partial charge in [-0.25, -0.2) is 0 Å². The van der Waals surface area contributed by atoms with Crippen molar-refractivity contribution in [2.24, 2.45) is 0 Å². The van der Waals surface area contributed by atoms with Gasteiger partial charge in [0.1, 0.15) is 6.10 Å². The molecule has 0 spiro atoms. The molecular weight excluding hydrogens is 254 g/mol. The lowest BCUT2D eigenvalue weighted by Crippen LogP contribution is -2.02. The molecule has 2 aromatic rings. The molecule has 0 aliphatic heterocycles. The summed E-state index contributed by atoms with van der Waals surface area (Å²) in [5.74, 6) is 0. The SMILES string of the molecule is CCc1ccc([C@@H](O)c2ccc(C)c([N+](=O)[O-])c2)cc1. The molecule has 0 radical (unpaired) electrons. The number of aliphatic hydroxyl groups excluding tert-OH is 1. The molecule has 4 nitrogen and oxygen atoms in total. The summed E-state index contributed by atoms with van der Waals surface area (Å²) in [6.07, 6.45) is 0.0899. The highest BCUT2D eigenvalue weighted by molar-refractivity contribution is 5.45. The average Bonchev–Trinajstić information content (AvgIpc) is 2.47. The summed E-state index contributed by atoms with van der Waals surface area (Å²) in [7, 11) is 0. The van der Waals surface area contributed by atoms with Gasteiger partial charge in [0, 0.05) is 11.6 Å². The van der Waals surface area contributed by atoms with Gasteiger partial charge < -0.3 is 5.11 Å². The Kier molecular flexibility index (Phi) is 4.15. The Bertz CT molecular complexity index is 620. The summed E-state index contributed by atoms with van der Waals surface area (Å²) in [6.45, 7) is 3.75. The third-order valence-corrected chi connectivity index (χ3v) is 3.45. The highest BCUT2D eigenvalue weighted by atomic mass is 16.6. The summed E-state index contributed by atoms with van der Waals surface area (Å²) < 4.78 is 0. The van der Waals surface area contributed by atoms with Crippen molar-refractivity contribution in [3.8, 4) is 0 Å². The minimum Gasteiger partial charge on any atom is -0.384 e. The normalized spacial score (nSPS) is 12.2. The first kappa shape index (κ1) is 14.2. The first-order chi connectivity index (χ1) is 9.52. The van der Waals surface area contributed by atoms with Gasteiger partial charge in [0.15, 0.2) is 0 Å². The molecule has 0 bridgehead atoms. The van der Waals surface area contributed by atoms with Crippen molar-refractivity contribution in [2.75, 3.05) is 0 Å². The molecule has 0 saturated carbocycles. The van der Waals surface area contributed by atoms with Gasteiger partial charge in [0.05, 0.1) is 4.92 Å². The first-order valence-corrected chi connectivity index (χ1v) is 6.54. The van der Waals surface area contributed by atoms with Crippen LogP contribution in [0, 0.1) is 17.0 Å². The lowest BCUT2D eigenvalue weighted by molar-refractivity contribution is -0.385. The van der Waals surface area contributed by atoms with Gasteiger partial charge in [0.2, 0.25) is 0 Å². The second-order valence-electron chi connectivity index (χ2n) is 4.80. The Hall–Kier alpha value is -2.20. The number of benzene rings is 2. The van der Waals surface area contributed by atoms with Crippen LogP contribution >= 0.6 is 0 Å². The second-order valence-corrected chi connectivity index (χ2v) is 4.80. The molecule has 0 aliphatic carbocycles. The first-order valence-electron chi connectivity index (χ1n) is 6.54. The fourth-order valence-corrected chi connectivity index (χ4v) is 2.12. The maximum atomic E-state index is 10.9. The predicted molar refractivity (Wildman–Crippen MR) is 77.7 cm³/mol. The maximum Gasteiger partial charge on any atom is 0.272 e. The number of nitrogens with zero attached hydrogens (tertiary/aromatic N) is 1. The summed E-state index contributed by atoms with van der Waals surface area (Å²) in [6, 6.07) is 12.5. The monoisotopic (exact) mass is 271 g/mol. The summed E-state index contributed by atoms with van der Waals surface area (Å²) in [5.41, 5.74) is 3.08. The number of nitro benzene ring substituents is 1. The average molecular weight is 271 g/mol. The van der Waals surface area contributed by atoms with Gasteiger partial charge in [0.25, 0.3) is 5.69 Å². The molecule has 0 heterocycles. The van der Waals surface area contributed by atoms with Crippen molar-refractivity contribution in [3.05, 3.63) is 74.8 Å². The summed E-state index contributed by atoms with van der Waals surface area (Å²) >= 11 is 0. The van der Waals surface area contributed by atoms with Crippen LogP contribution in [0.15, 0.2) is 42.5 Å². The number of aryl methyl sites for hydroxylation is 2. The Balaban J connectivity index is 2.34. The van der Waals surface area contributed by atoms with E-state index in [1.165, 1.54) is 11.6 Å². The van der Waals surface area contributed by atoms with Gasteiger partial charge in [-0.05, 0) is 30.0 Å². The third kappa shape index (κ3) is 2.86. The van der Waals surface area contributed by atoms with Gasteiger partial charge in [-0.15, -0.1) is 0 Å². The van der Waals surface area contributed by atoms with Crippen LogP contribution in [-0.4, -0.2) is 10.0 Å². The van der Waals surface area contributed by atoms with E-state index in [0.29, 0.717) is 11.1 Å². The lowest BCUT2D eigenvalue weighted by atomic mass is 9.98. The number of hydrogen-bond acceptors (Lipinski definition) is 3. The van der Waals surface area contributed by atoms with Crippen molar-refractivity contribution >= 4 is 5.69 Å². The maximum absolute atomic E-state index is 10.9. The minimum atomic E-state index is -0.847. The van der Waals surface area contributed by atoms with E-state index in [1.54, 1.807) is 19.1 Å². The molecular formula is C16H17NO3. The van der Waals surface area contributed by atoms with Crippen molar-refractivity contribution in [1.82, 2.24) is 0 Å². The van der Waals surface area contributed by atoms with Crippen LogP contribution in [0.3, 0.4) is 0 Å². The second kappa shape index (κ2) is 5.84. The molecule has 0 aliphatic rings. The summed E-state index contributed by atoms with van der Waals surface area (Å²) in [5, 5.41) is 21.3. The summed E-state index contributed by atoms with van der Waals surface area (Å²) in [4.78, 5) is 10.5. The Morgan fingerprint density at radius 3 is 2.30 bits per heavy atom. The molecule has 4 heteroatoms. The van der Waals surface area contributed by atoms with Crippen molar-refractivity contribution < 1.29 is 10.0 Å². The zero-order chi connectivity index (χ0) is 14.7. The molecule has 0 aromatic heterocycles. The molecule has 20 heavy (non-hydrogen) atoms. The van der Waals surface area contributed by atoms with E-state index in [1.807, 2.05) is 24.3 Å². The highest BCUT2D eigenvalue weighted by Gasteiger charge is 2.16. The van der Waals surface area contributed by atoms with E-state index in [-0.39, 0.29) is 5.69 Å². The van der Waals surface area contributed by atoms with Gasteiger partial charge in [-0.1, -0.05) is 43.3 Å². The largest absolute Gasteiger partial charge is 0.384 e.